The van der Waals surface area contributed by atoms with Gasteiger partial charge in [-0.3, -0.25) is 14.4 Å². The first kappa shape index (κ1) is 25.4. The van der Waals surface area contributed by atoms with Crippen molar-refractivity contribution in [2.45, 2.75) is 71.2 Å². The smallest absolute Gasteiger partial charge is 0.312 e. The van der Waals surface area contributed by atoms with Gasteiger partial charge in [0.1, 0.15) is 0 Å². The molecule has 7 nitrogen and oxygen atoms in total. The van der Waals surface area contributed by atoms with Gasteiger partial charge in [-0.2, -0.15) is 0 Å². The van der Waals surface area contributed by atoms with Gasteiger partial charge in [-0.05, 0) is 76.1 Å². The molecule has 4 saturated carbocycles. The topological polar surface area (TPSA) is 88.1 Å². The van der Waals surface area contributed by atoms with Crippen LogP contribution in [0, 0.1) is 39.9 Å². The quantitative estimate of drug-likeness (QED) is 0.247. The second-order valence-electron chi connectivity index (χ2n) is 12.1. The number of methoxy groups -OCH3 is 3. The Bertz CT molecular complexity index is 909. The van der Waals surface area contributed by atoms with Crippen LogP contribution in [0.1, 0.15) is 45.4 Å². The van der Waals surface area contributed by atoms with Crippen LogP contribution in [0.5, 0.6) is 0 Å². The Hall–Kier alpha value is -1.67. The van der Waals surface area contributed by atoms with Crippen molar-refractivity contribution >= 4 is 26.2 Å². The van der Waals surface area contributed by atoms with E-state index in [9.17, 15) is 14.4 Å². The minimum atomic E-state index is -2.06. The number of hydrogen-bond donors (Lipinski definition) is 0. The van der Waals surface area contributed by atoms with E-state index in [0.717, 1.165) is 24.8 Å². The fourth-order valence-corrected chi connectivity index (χ4v) is 9.83. The minimum absolute atomic E-state index is 0.164. The molecule has 4 aliphatic carbocycles. The van der Waals surface area contributed by atoms with Gasteiger partial charge in [-0.1, -0.05) is 13.0 Å². The van der Waals surface area contributed by atoms with Crippen LogP contribution in [0.4, 0.5) is 0 Å². The molecule has 34 heavy (non-hydrogen) atoms. The predicted octanol–water partition coefficient (Wildman–Crippen LogP) is 4.12. The predicted molar refractivity (Wildman–Crippen MR) is 128 cm³/mol. The average molecular weight is 493 g/mol. The highest BCUT2D eigenvalue weighted by atomic mass is 28.4. The number of fused-ring (bicyclic) bond motifs is 3. The molecule has 0 saturated heterocycles. The highest BCUT2D eigenvalue weighted by molar-refractivity contribution is 6.69. The average Bonchev–Trinajstić information content (AvgIpc) is 3.19. The molecule has 0 aromatic carbocycles. The standard InChI is InChI=1S/C26H40O7Si/c1-15-16-10-11-17-25(23(29)32-5)13-9-12-24(2,22(28)31-4)19(25)18(21(27)30-3)26(17,14-16)20(15)33-34(6,7)8/h16-20H,1,9-14H2,2-8H3/t16-,17?,18-,19?,20-,24?,25-,26-/m1/s1. The van der Waals surface area contributed by atoms with Gasteiger partial charge in [0.2, 0.25) is 0 Å². The molecule has 0 aromatic heterocycles. The first-order valence-electron chi connectivity index (χ1n) is 12.5. The van der Waals surface area contributed by atoms with Crippen LogP contribution in [0.3, 0.4) is 0 Å². The summed E-state index contributed by atoms with van der Waals surface area (Å²) in [6.07, 6.45) is 3.84. The first-order valence-corrected chi connectivity index (χ1v) is 15.9. The highest BCUT2D eigenvalue weighted by Gasteiger charge is 2.81. The fraction of sp³-hybridized carbons (Fsp3) is 0.808. The molecular formula is C26H40O7Si. The van der Waals surface area contributed by atoms with E-state index in [1.165, 1.54) is 21.3 Å². The number of carbonyl (C=O) groups is 3. The van der Waals surface area contributed by atoms with E-state index < -0.39 is 36.4 Å². The molecule has 4 fully saturated rings. The van der Waals surface area contributed by atoms with Gasteiger partial charge in [0.15, 0.2) is 8.32 Å². The molecular weight excluding hydrogens is 452 g/mol. The summed E-state index contributed by atoms with van der Waals surface area (Å²) in [7, 11) is 2.12. The van der Waals surface area contributed by atoms with E-state index in [2.05, 4.69) is 26.2 Å². The van der Waals surface area contributed by atoms with Gasteiger partial charge < -0.3 is 18.6 Å². The number of rotatable bonds is 5. The van der Waals surface area contributed by atoms with Gasteiger partial charge in [0.25, 0.3) is 0 Å². The molecule has 0 N–H and O–H groups in total. The largest absolute Gasteiger partial charge is 0.469 e. The van der Waals surface area contributed by atoms with Crippen LogP contribution in [-0.4, -0.2) is 53.7 Å². The minimum Gasteiger partial charge on any atom is -0.469 e. The van der Waals surface area contributed by atoms with Crippen LogP contribution >= 0.6 is 0 Å². The van der Waals surface area contributed by atoms with Crippen molar-refractivity contribution in [3.8, 4) is 0 Å². The summed E-state index contributed by atoms with van der Waals surface area (Å²) < 4.78 is 23.1. The summed E-state index contributed by atoms with van der Waals surface area (Å²) in [5.41, 5.74) is -1.63. The molecule has 2 bridgehead atoms. The van der Waals surface area contributed by atoms with Crippen molar-refractivity contribution in [2.75, 3.05) is 21.3 Å². The molecule has 0 aromatic rings. The van der Waals surface area contributed by atoms with Crippen LogP contribution in [-0.2, 0) is 33.0 Å². The Morgan fingerprint density at radius 3 is 2.18 bits per heavy atom. The Morgan fingerprint density at radius 1 is 0.971 bits per heavy atom. The lowest BCUT2D eigenvalue weighted by Gasteiger charge is -2.50. The lowest BCUT2D eigenvalue weighted by atomic mass is 9.52. The summed E-state index contributed by atoms with van der Waals surface area (Å²) in [6.45, 7) is 12.7. The van der Waals surface area contributed by atoms with Crippen molar-refractivity contribution in [1.82, 2.24) is 0 Å². The SMILES string of the molecule is C=C1[C@@H]2CCC3[C@]4(C(=O)OC)CCCC(C)(C(=O)OC)C4[C@H](C(=O)OC)[C@]3(C2)[C@@H]1O[Si](C)(C)C. The fourth-order valence-electron chi connectivity index (χ4n) is 8.76. The lowest BCUT2D eigenvalue weighted by Crippen LogP contribution is -2.55. The van der Waals surface area contributed by atoms with E-state index in [0.29, 0.717) is 19.3 Å². The molecule has 8 atom stereocenters. The molecule has 0 radical (unpaired) electrons. The van der Waals surface area contributed by atoms with E-state index in [4.69, 9.17) is 18.6 Å². The number of ether oxygens (including phenoxy) is 3. The molecule has 0 aliphatic heterocycles. The molecule has 0 amide bonds. The molecule has 0 heterocycles. The van der Waals surface area contributed by atoms with E-state index in [-0.39, 0.29) is 35.8 Å². The monoisotopic (exact) mass is 492 g/mol. The van der Waals surface area contributed by atoms with Gasteiger partial charge in [0, 0.05) is 11.3 Å². The normalized spacial score (nSPS) is 43.0. The van der Waals surface area contributed by atoms with E-state index in [1.54, 1.807) is 0 Å². The van der Waals surface area contributed by atoms with Crippen molar-refractivity contribution in [1.29, 1.82) is 0 Å². The molecule has 3 unspecified atom stereocenters. The highest BCUT2D eigenvalue weighted by Crippen LogP contribution is 2.78. The summed E-state index contributed by atoms with van der Waals surface area (Å²) in [4.78, 5) is 41.0. The van der Waals surface area contributed by atoms with Crippen LogP contribution < -0.4 is 0 Å². The van der Waals surface area contributed by atoms with Gasteiger partial charge in [-0.25, -0.2) is 0 Å². The van der Waals surface area contributed by atoms with Crippen molar-refractivity contribution in [3.05, 3.63) is 12.2 Å². The molecule has 190 valence electrons. The summed E-state index contributed by atoms with van der Waals surface area (Å²) in [5.74, 6) is -2.31. The first-order chi connectivity index (χ1) is 15.8. The molecule has 4 aliphatic rings. The Labute approximate surface area is 204 Å². The van der Waals surface area contributed by atoms with Gasteiger partial charge in [0.05, 0.1) is 44.2 Å². The maximum absolute atomic E-state index is 13.8. The van der Waals surface area contributed by atoms with Crippen molar-refractivity contribution in [3.63, 3.8) is 0 Å². The third kappa shape index (κ3) is 3.13. The summed E-state index contributed by atoms with van der Waals surface area (Å²) in [6, 6.07) is 0. The molecule has 4 rings (SSSR count). The van der Waals surface area contributed by atoms with Gasteiger partial charge >= 0.3 is 17.9 Å². The Kier molecular flexibility index (Phi) is 6.12. The lowest BCUT2D eigenvalue weighted by molar-refractivity contribution is -0.181. The van der Waals surface area contributed by atoms with Crippen LogP contribution in [0.15, 0.2) is 12.2 Å². The van der Waals surface area contributed by atoms with Crippen LogP contribution in [0.25, 0.3) is 0 Å². The third-order valence-electron chi connectivity index (χ3n) is 9.61. The maximum atomic E-state index is 13.8. The number of esters is 3. The van der Waals surface area contributed by atoms with E-state index >= 15 is 0 Å². The Morgan fingerprint density at radius 2 is 1.62 bits per heavy atom. The maximum Gasteiger partial charge on any atom is 0.312 e. The summed E-state index contributed by atoms with van der Waals surface area (Å²) >= 11 is 0. The zero-order chi connectivity index (χ0) is 25.3. The third-order valence-corrected chi connectivity index (χ3v) is 10.6. The zero-order valence-corrected chi connectivity index (χ0v) is 22.7. The molecule has 8 heteroatoms. The second kappa shape index (κ2) is 8.19. The van der Waals surface area contributed by atoms with Crippen molar-refractivity contribution in [2.24, 2.45) is 39.9 Å². The van der Waals surface area contributed by atoms with Crippen molar-refractivity contribution < 1.29 is 33.0 Å². The number of hydrogen-bond acceptors (Lipinski definition) is 7. The van der Waals surface area contributed by atoms with E-state index in [1.807, 2.05) is 6.92 Å². The number of carbonyl (C=O) groups excluding carboxylic acids is 3. The second-order valence-corrected chi connectivity index (χ2v) is 16.6. The van der Waals surface area contributed by atoms with Gasteiger partial charge in [-0.15, -0.1) is 0 Å². The zero-order valence-electron chi connectivity index (χ0n) is 21.7. The molecule has 1 spiro atoms. The van der Waals surface area contributed by atoms with Crippen LogP contribution in [0.2, 0.25) is 19.6 Å². The summed E-state index contributed by atoms with van der Waals surface area (Å²) in [5, 5.41) is 0. The Balaban J connectivity index is 2.04.